The van der Waals surface area contributed by atoms with Crippen LogP contribution in [0.3, 0.4) is 0 Å². The van der Waals surface area contributed by atoms with Crippen LogP contribution in [0.1, 0.15) is 34.1 Å². The summed E-state index contributed by atoms with van der Waals surface area (Å²) in [6, 6.07) is 0. The van der Waals surface area contributed by atoms with Crippen LogP contribution in [0.15, 0.2) is 0 Å². The van der Waals surface area contributed by atoms with E-state index in [2.05, 4.69) is 48.5 Å². The fourth-order valence-electron chi connectivity index (χ4n) is 3.16. The van der Waals surface area contributed by atoms with Crippen molar-refractivity contribution < 1.29 is 4.79 Å². The van der Waals surface area contributed by atoms with Crippen molar-refractivity contribution >= 4 is 21.8 Å². The topological polar surface area (TPSA) is 20.3 Å². The SMILES string of the molecule is CC1(C)C(C(=O)N2CCC(CBr)C2)C1(C)C. The van der Waals surface area contributed by atoms with Crippen molar-refractivity contribution in [2.24, 2.45) is 22.7 Å². The number of likely N-dealkylation sites (tertiary alicyclic amines) is 1. The molecule has 1 amide bonds. The normalized spacial score (nSPS) is 31.8. The molecule has 1 atom stereocenters. The van der Waals surface area contributed by atoms with Gasteiger partial charge in [-0.2, -0.15) is 0 Å². The van der Waals surface area contributed by atoms with Crippen molar-refractivity contribution in [3.63, 3.8) is 0 Å². The molecular weight excluding hydrogens is 266 g/mol. The maximum absolute atomic E-state index is 12.4. The molecule has 92 valence electrons. The first-order valence-corrected chi connectivity index (χ1v) is 7.29. The van der Waals surface area contributed by atoms with Crippen LogP contribution in [0.4, 0.5) is 0 Å². The Morgan fingerprint density at radius 3 is 2.25 bits per heavy atom. The lowest BCUT2D eigenvalue weighted by molar-refractivity contribution is -0.132. The van der Waals surface area contributed by atoms with E-state index in [4.69, 9.17) is 0 Å². The molecular formula is C13H22BrNO. The van der Waals surface area contributed by atoms with Crippen molar-refractivity contribution in [1.29, 1.82) is 0 Å². The van der Waals surface area contributed by atoms with Gasteiger partial charge in [0.05, 0.1) is 0 Å². The molecule has 0 aromatic heterocycles. The number of nitrogens with zero attached hydrogens (tertiary/aromatic N) is 1. The van der Waals surface area contributed by atoms with Crippen molar-refractivity contribution in [2.75, 3.05) is 18.4 Å². The number of halogens is 1. The number of hydrogen-bond acceptors (Lipinski definition) is 1. The molecule has 2 fully saturated rings. The quantitative estimate of drug-likeness (QED) is 0.715. The van der Waals surface area contributed by atoms with E-state index >= 15 is 0 Å². The molecule has 1 saturated carbocycles. The smallest absolute Gasteiger partial charge is 0.226 e. The molecule has 1 saturated heterocycles. The van der Waals surface area contributed by atoms with Gasteiger partial charge in [0.15, 0.2) is 0 Å². The van der Waals surface area contributed by atoms with E-state index < -0.39 is 0 Å². The lowest BCUT2D eigenvalue weighted by atomic mass is 10.0. The van der Waals surface area contributed by atoms with Gasteiger partial charge in [0.25, 0.3) is 0 Å². The zero-order valence-corrected chi connectivity index (χ0v) is 12.3. The molecule has 2 nitrogen and oxygen atoms in total. The van der Waals surface area contributed by atoms with E-state index in [0.29, 0.717) is 11.8 Å². The Hall–Kier alpha value is -0.0500. The highest BCUT2D eigenvalue weighted by molar-refractivity contribution is 9.09. The Morgan fingerprint density at radius 2 is 1.88 bits per heavy atom. The van der Waals surface area contributed by atoms with Gasteiger partial charge in [-0.25, -0.2) is 0 Å². The molecule has 0 aromatic carbocycles. The summed E-state index contributed by atoms with van der Waals surface area (Å²) in [4.78, 5) is 14.5. The first kappa shape index (κ1) is 12.4. The van der Waals surface area contributed by atoms with Gasteiger partial charge in [0.2, 0.25) is 5.91 Å². The molecule has 1 heterocycles. The predicted molar refractivity (Wildman–Crippen MR) is 69.5 cm³/mol. The van der Waals surface area contributed by atoms with Crippen molar-refractivity contribution in [3.8, 4) is 0 Å². The van der Waals surface area contributed by atoms with Crippen LogP contribution in [-0.2, 0) is 4.79 Å². The van der Waals surface area contributed by atoms with E-state index in [-0.39, 0.29) is 16.7 Å². The second-order valence-corrected chi connectivity index (χ2v) is 7.12. The van der Waals surface area contributed by atoms with Gasteiger partial charge in [-0.1, -0.05) is 43.6 Å². The lowest BCUT2D eigenvalue weighted by Gasteiger charge is -2.17. The number of rotatable bonds is 2. The summed E-state index contributed by atoms with van der Waals surface area (Å²) in [5, 5.41) is 1.02. The highest BCUT2D eigenvalue weighted by atomic mass is 79.9. The number of amides is 1. The lowest BCUT2D eigenvalue weighted by Crippen LogP contribution is -2.32. The van der Waals surface area contributed by atoms with Crippen LogP contribution in [0, 0.1) is 22.7 Å². The van der Waals surface area contributed by atoms with Crippen LogP contribution in [0.25, 0.3) is 0 Å². The summed E-state index contributed by atoms with van der Waals surface area (Å²) in [5.41, 5.74) is 0.354. The Morgan fingerprint density at radius 1 is 1.31 bits per heavy atom. The van der Waals surface area contributed by atoms with Crippen LogP contribution < -0.4 is 0 Å². The summed E-state index contributed by atoms with van der Waals surface area (Å²) in [6.07, 6.45) is 1.16. The molecule has 0 bridgehead atoms. The highest BCUT2D eigenvalue weighted by Crippen LogP contribution is 2.68. The molecule has 1 aliphatic heterocycles. The number of carbonyl (C=O) groups excluding carboxylic acids is 1. The average molecular weight is 288 g/mol. The van der Waals surface area contributed by atoms with Gasteiger partial charge in [-0.3, -0.25) is 4.79 Å². The zero-order chi connectivity index (χ0) is 12.1. The predicted octanol–water partition coefficient (Wildman–Crippen LogP) is 2.91. The number of hydrogen-bond donors (Lipinski definition) is 0. The minimum atomic E-state index is 0.177. The third-order valence-corrected chi connectivity index (χ3v) is 6.00. The Kier molecular flexibility index (Phi) is 2.89. The summed E-state index contributed by atoms with van der Waals surface area (Å²) in [6.45, 7) is 10.8. The highest BCUT2D eigenvalue weighted by Gasteiger charge is 2.68. The molecule has 0 spiro atoms. The Bertz CT molecular complexity index is 297. The van der Waals surface area contributed by atoms with Gasteiger partial charge in [-0.15, -0.1) is 0 Å². The van der Waals surface area contributed by atoms with Crippen molar-refractivity contribution in [2.45, 2.75) is 34.1 Å². The first-order valence-electron chi connectivity index (χ1n) is 6.17. The van der Waals surface area contributed by atoms with Gasteiger partial charge >= 0.3 is 0 Å². The molecule has 16 heavy (non-hydrogen) atoms. The second kappa shape index (κ2) is 3.72. The minimum Gasteiger partial charge on any atom is -0.342 e. The number of carbonyl (C=O) groups is 1. The molecule has 0 N–H and O–H groups in total. The van der Waals surface area contributed by atoms with Gasteiger partial charge in [0.1, 0.15) is 0 Å². The van der Waals surface area contributed by atoms with Gasteiger partial charge in [0, 0.05) is 24.3 Å². The van der Waals surface area contributed by atoms with E-state index in [1.807, 2.05) is 0 Å². The van der Waals surface area contributed by atoms with Crippen LogP contribution >= 0.6 is 15.9 Å². The molecule has 3 heteroatoms. The minimum absolute atomic E-state index is 0.177. The zero-order valence-electron chi connectivity index (χ0n) is 10.7. The number of alkyl halides is 1. The summed E-state index contributed by atoms with van der Waals surface area (Å²) < 4.78 is 0. The second-order valence-electron chi connectivity index (χ2n) is 6.47. The van der Waals surface area contributed by atoms with E-state index in [1.54, 1.807) is 0 Å². The van der Waals surface area contributed by atoms with E-state index in [1.165, 1.54) is 0 Å². The summed E-state index contributed by atoms with van der Waals surface area (Å²) >= 11 is 3.51. The summed E-state index contributed by atoms with van der Waals surface area (Å²) in [5.74, 6) is 1.28. The Labute approximate surface area is 107 Å². The molecule has 1 aliphatic carbocycles. The molecule has 2 aliphatic rings. The van der Waals surface area contributed by atoms with E-state index in [9.17, 15) is 4.79 Å². The van der Waals surface area contributed by atoms with Gasteiger partial charge < -0.3 is 4.90 Å². The van der Waals surface area contributed by atoms with E-state index in [0.717, 1.165) is 24.8 Å². The van der Waals surface area contributed by atoms with Crippen LogP contribution in [0.5, 0.6) is 0 Å². The Balaban J connectivity index is 2.01. The van der Waals surface area contributed by atoms with Gasteiger partial charge in [-0.05, 0) is 23.2 Å². The third-order valence-electron chi connectivity index (χ3n) is 5.08. The third kappa shape index (κ3) is 1.62. The monoisotopic (exact) mass is 287 g/mol. The maximum Gasteiger partial charge on any atom is 0.226 e. The standard InChI is InChI=1S/C13H22BrNO/c1-12(2)10(13(12,3)4)11(16)15-6-5-9(7-14)8-15/h9-10H,5-8H2,1-4H3. The molecule has 2 rings (SSSR count). The maximum atomic E-state index is 12.4. The molecule has 0 aromatic rings. The average Bonchev–Trinajstić information content (AvgIpc) is 2.59. The fourth-order valence-corrected chi connectivity index (χ4v) is 3.68. The molecule has 1 unspecified atom stereocenters. The van der Waals surface area contributed by atoms with Crippen LogP contribution in [0.2, 0.25) is 0 Å². The van der Waals surface area contributed by atoms with Crippen molar-refractivity contribution in [1.82, 2.24) is 4.90 Å². The fraction of sp³-hybridized carbons (Fsp3) is 0.923. The van der Waals surface area contributed by atoms with Crippen molar-refractivity contribution in [3.05, 3.63) is 0 Å². The summed E-state index contributed by atoms with van der Waals surface area (Å²) in [7, 11) is 0. The van der Waals surface area contributed by atoms with Crippen LogP contribution in [-0.4, -0.2) is 29.2 Å². The largest absolute Gasteiger partial charge is 0.342 e. The molecule has 0 radical (unpaired) electrons. The first-order chi connectivity index (χ1) is 7.32.